The van der Waals surface area contributed by atoms with Crippen LogP contribution >= 0.6 is 0 Å². The molecule has 34 heavy (non-hydrogen) atoms. The Morgan fingerprint density at radius 2 is 1.79 bits per heavy atom. The third kappa shape index (κ3) is 4.97. The summed E-state index contributed by atoms with van der Waals surface area (Å²) in [6.45, 7) is 0. The van der Waals surface area contributed by atoms with Crippen LogP contribution in [0, 0.1) is 17.1 Å². The number of nitrogens with zero attached hydrogens (tertiary/aromatic N) is 2. The summed E-state index contributed by atoms with van der Waals surface area (Å²) in [6.07, 6.45) is 0. The van der Waals surface area contributed by atoms with Gasteiger partial charge < -0.3 is 0 Å². The zero-order valence-corrected chi connectivity index (χ0v) is 22.0. The normalized spacial score (nSPS) is 12.0. The van der Waals surface area contributed by atoms with E-state index in [1.165, 1.54) is 30.3 Å². The van der Waals surface area contributed by atoms with Crippen LogP contribution in [0.4, 0.5) is 4.39 Å². The molecule has 0 spiro atoms. The second-order valence-corrected chi connectivity index (χ2v) is 17.1. The number of aromatic carboxylic acids is 1. The Kier molecular flexibility index (Phi) is 6.71. The molecular formula is C22H13As2FN2O6S. The molecule has 0 radical (unpaired) electrons. The van der Waals surface area contributed by atoms with Gasteiger partial charge in [0, 0.05) is 0 Å². The van der Waals surface area contributed by atoms with Crippen LogP contribution in [0.3, 0.4) is 0 Å². The number of halogens is 1. The molecule has 4 rings (SSSR count). The van der Waals surface area contributed by atoms with E-state index in [0.717, 1.165) is 12.1 Å². The molecule has 1 heterocycles. The van der Waals surface area contributed by atoms with Crippen molar-refractivity contribution in [1.29, 1.82) is 5.26 Å². The van der Waals surface area contributed by atoms with Crippen LogP contribution in [-0.4, -0.2) is 59.6 Å². The molecule has 0 fully saturated rings. The van der Waals surface area contributed by atoms with Crippen molar-refractivity contribution < 1.29 is 32.0 Å². The average molecular weight is 602 g/mol. The molecule has 2 unspecified atom stereocenters. The van der Waals surface area contributed by atoms with E-state index in [1.54, 1.807) is 18.2 Å². The van der Waals surface area contributed by atoms with E-state index in [1.807, 2.05) is 6.07 Å². The molecule has 0 amide bonds. The van der Waals surface area contributed by atoms with Gasteiger partial charge in [0.2, 0.25) is 0 Å². The topological polar surface area (TPSA) is 138 Å². The van der Waals surface area contributed by atoms with Crippen LogP contribution in [0.15, 0.2) is 70.1 Å². The van der Waals surface area contributed by atoms with Gasteiger partial charge in [-0.05, 0) is 0 Å². The summed E-state index contributed by atoms with van der Waals surface area (Å²) in [5.41, 5.74) is 0.415. The Balaban J connectivity index is 1.64. The van der Waals surface area contributed by atoms with Crippen LogP contribution in [0.25, 0.3) is 10.9 Å². The number of carbonyl (C=O) groups is 2. The van der Waals surface area contributed by atoms with Crippen molar-refractivity contribution in [2.45, 2.75) is 4.90 Å². The minimum absolute atomic E-state index is 0.0179. The van der Waals surface area contributed by atoms with Crippen molar-refractivity contribution in [3.8, 4) is 6.07 Å². The molecule has 0 saturated carbocycles. The number of aromatic nitrogens is 1. The molecule has 3 aromatic carbocycles. The number of hydrogen-bond acceptors (Lipinski definition) is 7. The molecule has 1 N–H and O–H groups in total. The van der Waals surface area contributed by atoms with E-state index in [9.17, 15) is 27.5 Å². The van der Waals surface area contributed by atoms with E-state index in [4.69, 9.17) is 9.78 Å². The Hall–Kier alpha value is -3.24. The third-order valence-corrected chi connectivity index (χ3v) is 13.8. The van der Waals surface area contributed by atoms with Gasteiger partial charge in [0.15, 0.2) is 0 Å². The van der Waals surface area contributed by atoms with Crippen molar-refractivity contribution in [3.05, 3.63) is 83.4 Å². The standard InChI is InChI=1S/C22H13As2FN2O6S/c25-14-3-5-15(6-4-14)34(31,32)24-13-2-8-19-17(10-13)20(33-27-19)21(28)23-18-7-1-12(11-26)9-16(18)22(29)30/h1-10,23-24H,(H,29,30). The first-order valence-corrected chi connectivity index (χ1v) is 16.6. The quantitative estimate of drug-likeness (QED) is 0.308. The third-order valence-electron chi connectivity index (χ3n) is 4.69. The van der Waals surface area contributed by atoms with E-state index in [0.29, 0.717) is 19.6 Å². The molecule has 8 nitrogen and oxygen atoms in total. The number of rotatable bonds is 7. The SMILES string of the molecule is N#Cc1ccc([AsH]C(=O)c2onc3ccc([AsH]S(=O)(=O)c4ccc(F)cc4)cc23)c(C(=O)O)c1. The zero-order chi connectivity index (χ0) is 24.5. The molecule has 2 atom stereocenters. The van der Waals surface area contributed by atoms with Gasteiger partial charge in [-0.1, -0.05) is 0 Å². The fraction of sp³-hybridized carbons (Fsp3) is 0. The summed E-state index contributed by atoms with van der Waals surface area (Å²) in [5, 5.41) is 22.6. The van der Waals surface area contributed by atoms with Gasteiger partial charge in [-0.25, -0.2) is 0 Å². The Morgan fingerprint density at radius 3 is 2.47 bits per heavy atom. The van der Waals surface area contributed by atoms with Gasteiger partial charge in [-0.3, -0.25) is 0 Å². The van der Waals surface area contributed by atoms with E-state index in [2.05, 4.69) is 5.16 Å². The van der Waals surface area contributed by atoms with Gasteiger partial charge >= 0.3 is 205 Å². The first kappa shape index (κ1) is 23.9. The molecule has 0 saturated heterocycles. The van der Waals surface area contributed by atoms with Crippen LogP contribution < -0.4 is 8.70 Å². The number of carboxylic acids is 1. The van der Waals surface area contributed by atoms with Gasteiger partial charge in [0.05, 0.1) is 0 Å². The van der Waals surface area contributed by atoms with Crippen LogP contribution in [0.2, 0.25) is 0 Å². The minimum atomic E-state index is -3.65. The van der Waals surface area contributed by atoms with Crippen LogP contribution in [0.1, 0.15) is 26.5 Å². The maximum atomic E-state index is 13.1. The van der Waals surface area contributed by atoms with E-state index < -0.39 is 54.8 Å². The van der Waals surface area contributed by atoms with Crippen LogP contribution in [-0.2, 0) is 8.10 Å². The molecule has 0 aliphatic carbocycles. The zero-order valence-electron chi connectivity index (χ0n) is 16.9. The predicted molar refractivity (Wildman–Crippen MR) is 124 cm³/mol. The van der Waals surface area contributed by atoms with Gasteiger partial charge in [-0.2, -0.15) is 0 Å². The van der Waals surface area contributed by atoms with Crippen molar-refractivity contribution in [2.24, 2.45) is 0 Å². The van der Waals surface area contributed by atoms with Gasteiger partial charge in [0.1, 0.15) is 0 Å². The Labute approximate surface area is 204 Å². The number of carbonyl (C=O) groups excluding carboxylic acids is 1. The van der Waals surface area contributed by atoms with Gasteiger partial charge in [-0.15, -0.1) is 0 Å². The second-order valence-electron chi connectivity index (χ2n) is 6.93. The molecule has 0 aliphatic heterocycles. The van der Waals surface area contributed by atoms with E-state index in [-0.39, 0.29) is 21.8 Å². The monoisotopic (exact) mass is 602 g/mol. The summed E-state index contributed by atoms with van der Waals surface area (Å²) in [7, 11) is -3.65. The van der Waals surface area contributed by atoms with Crippen molar-refractivity contribution in [1.82, 2.24) is 5.16 Å². The fourth-order valence-corrected chi connectivity index (χ4v) is 11.1. The summed E-state index contributed by atoms with van der Waals surface area (Å²) < 4.78 is 44.3. The molecule has 1 aromatic heterocycles. The molecule has 4 aromatic rings. The van der Waals surface area contributed by atoms with Crippen LogP contribution in [0.5, 0.6) is 0 Å². The Morgan fingerprint density at radius 1 is 1.06 bits per heavy atom. The van der Waals surface area contributed by atoms with Crippen molar-refractivity contribution >= 4 is 68.6 Å². The Bertz CT molecular complexity index is 1590. The summed E-state index contributed by atoms with van der Waals surface area (Å²) in [4.78, 5) is 24.6. The summed E-state index contributed by atoms with van der Waals surface area (Å²) in [5.74, 6) is -1.85. The molecule has 12 heteroatoms. The predicted octanol–water partition coefficient (Wildman–Crippen LogP) is 0.890. The first-order valence-electron chi connectivity index (χ1n) is 9.44. The maximum absolute atomic E-state index is 13.1. The fourth-order valence-electron chi connectivity index (χ4n) is 3.08. The number of fused-ring (bicyclic) bond motifs is 1. The molecular weight excluding hydrogens is 589 g/mol. The van der Waals surface area contributed by atoms with E-state index >= 15 is 0 Å². The number of hydrogen-bond donors (Lipinski definition) is 1. The first-order chi connectivity index (χ1) is 16.2. The summed E-state index contributed by atoms with van der Waals surface area (Å²) >= 11 is -3.44. The second kappa shape index (κ2) is 9.55. The number of benzene rings is 3. The van der Waals surface area contributed by atoms with Gasteiger partial charge in [0.25, 0.3) is 0 Å². The summed E-state index contributed by atoms with van der Waals surface area (Å²) in [6, 6.07) is 15.3. The molecule has 170 valence electrons. The molecule has 0 aliphatic rings. The van der Waals surface area contributed by atoms with Crippen molar-refractivity contribution in [2.75, 3.05) is 0 Å². The number of nitriles is 1. The molecule has 0 bridgehead atoms. The average Bonchev–Trinajstić information content (AvgIpc) is 3.22. The number of carboxylic acid groups (broad SMARTS) is 1. The van der Waals surface area contributed by atoms with Crippen molar-refractivity contribution in [3.63, 3.8) is 0 Å².